The molecule has 462 valence electrons. The van der Waals surface area contributed by atoms with Crippen molar-refractivity contribution in [1.82, 2.24) is 42.5 Å². The quantitative estimate of drug-likeness (QED) is 0.0268. The molecule has 21 nitrogen and oxygen atoms in total. The lowest BCUT2D eigenvalue weighted by molar-refractivity contribution is -0.120. The molecular formula is C54H129N9O12. The predicted molar refractivity (Wildman–Crippen MR) is 320 cm³/mol. The van der Waals surface area contributed by atoms with Crippen LogP contribution in [0.4, 0.5) is 0 Å². The van der Waals surface area contributed by atoms with Crippen LogP contribution >= 0.6 is 0 Å². The van der Waals surface area contributed by atoms with Gasteiger partial charge in [-0.05, 0) is 142 Å². The van der Waals surface area contributed by atoms with E-state index in [1.165, 1.54) is 25.5 Å². The van der Waals surface area contributed by atoms with Crippen LogP contribution in [0.15, 0.2) is 25.3 Å². The highest BCUT2D eigenvalue weighted by atomic mass is 16.5. The Hall–Kier alpha value is -2.84. The number of carbonyl (C=O) groups excluding carboxylic acids is 4. The van der Waals surface area contributed by atoms with Crippen molar-refractivity contribution in [2.75, 3.05) is 149 Å². The average Bonchev–Trinajstić information content (AvgIpc) is 3.37. The van der Waals surface area contributed by atoms with Gasteiger partial charge in [-0.2, -0.15) is 0 Å². The lowest BCUT2D eigenvalue weighted by atomic mass is 10.2. The highest BCUT2D eigenvalue weighted by molar-refractivity contribution is 5.86. The van der Waals surface area contributed by atoms with Crippen LogP contribution in [0.5, 0.6) is 0 Å². The summed E-state index contributed by atoms with van der Waals surface area (Å²) >= 11 is 0. The smallest absolute Gasteiger partial charge is 0.243 e. The van der Waals surface area contributed by atoms with Gasteiger partial charge in [0.05, 0.1) is 64.1 Å². The second-order valence-corrected chi connectivity index (χ2v) is 15.6. The van der Waals surface area contributed by atoms with Crippen molar-refractivity contribution in [1.29, 1.82) is 0 Å². The molecule has 21 heteroatoms. The summed E-state index contributed by atoms with van der Waals surface area (Å²) in [5.74, 6) is 0.222. The normalized spacial score (nSPS) is 10.5. The minimum atomic E-state index is -0.429. The molecule has 0 bridgehead atoms. The number of hydrogen-bond donors (Lipinski definition) is 13. The zero-order valence-corrected chi connectivity index (χ0v) is 51.1. The summed E-state index contributed by atoms with van der Waals surface area (Å²) in [5, 5.41) is 57.3. The predicted octanol–water partition coefficient (Wildman–Crippen LogP) is 3.57. The van der Waals surface area contributed by atoms with E-state index >= 15 is 0 Å². The molecule has 0 spiro atoms. The molecular weight excluding hydrogens is 967 g/mol. The summed E-state index contributed by atoms with van der Waals surface area (Å²) in [5.41, 5.74) is 5.17. The van der Waals surface area contributed by atoms with Crippen molar-refractivity contribution in [3.8, 4) is 0 Å². The fourth-order valence-electron chi connectivity index (χ4n) is 3.16. The SMILES string of the molecule is C.C=CC(=O)NC.C=CC(C)=O.CC(O)COCCOCC(C)O.CCC(=O)NC.CCC(C)=O.CCCC(C)O.CCCCC(C)O.CNC.CNCCCOCCCNC.CNCCOCCN.CNCNC. The number of hydrogen-bond acceptors (Lipinski definition) is 19. The second kappa shape index (κ2) is 107. The summed E-state index contributed by atoms with van der Waals surface area (Å²) in [7, 11) is 16.6. The van der Waals surface area contributed by atoms with Crippen LogP contribution in [0.25, 0.3) is 0 Å². The number of amides is 2. The zero-order valence-electron chi connectivity index (χ0n) is 51.1. The first-order valence-corrected chi connectivity index (χ1v) is 26.2. The van der Waals surface area contributed by atoms with Gasteiger partial charge in [0.25, 0.3) is 0 Å². The molecule has 4 atom stereocenters. The van der Waals surface area contributed by atoms with Crippen molar-refractivity contribution >= 4 is 23.4 Å². The Morgan fingerprint density at radius 2 is 0.907 bits per heavy atom. The van der Waals surface area contributed by atoms with E-state index < -0.39 is 12.2 Å². The minimum Gasteiger partial charge on any atom is -0.393 e. The van der Waals surface area contributed by atoms with Crippen LogP contribution in [-0.4, -0.2) is 217 Å². The van der Waals surface area contributed by atoms with E-state index in [4.69, 9.17) is 45.1 Å². The van der Waals surface area contributed by atoms with Gasteiger partial charge in [-0.25, -0.2) is 0 Å². The third-order valence-electron chi connectivity index (χ3n) is 7.13. The molecule has 0 saturated heterocycles. The van der Waals surface area contributed by atoms with E-state index in [-0.39, 0.29) is 43.0 Å². The largest absolute Gasteiger partial charge is 0.393 e. The molecule has 0 fully saturated rings. The lowest BCUT2D eigenvalue weighted by Gasteiger charge is -2.07. The number of ketones is 2. The summed E-state index contributed by atoms with van der Waals surface area (Å²) in [6.07, 6.45) is 10.2. The number of ether oxygens (including phenoxy) is 4. The fourth-order valence-corrected chi connectivity index (χ4v) is 3.16. The number of aliphatic hydroxyl groups is 4. The van der Waals surface area contributed by atoms with Crippen LogP contribution in [0.3, 0.4) is 0 Å². The third kappa shape index (κ3) is 211. The maximum atomic E-state index is 10.1. The second-order valence-electron chi connectivity index (χ2n) is 15.6. The molecule has 0 aromatic carbocycles. The first-order valence-electron chi connectivity index (χ1n) is 26.2. The molecule has 0 radical (unpaired) electrons. The number of nitrogens with one attached hydrogen (secondary N) is 8. The van der Waals surface area contributed by atoms with E-state index in [9.17, 15) is 19.2 Å². The van der Waals surface area contributed by atoms with E-state index in [2.05, 4.69) is 69.5 Å². The standard InChI is InChI=1S/C8H20N2O.C8H18O4.C6H14O.C5H14N2O.C5H12O.C4H9NO.C4H7NO.C4H8O.C4H6O.C3H10N2.C2H7N.CH4/c1-9-5-3-7-11-8-4-6-10-2;1-7(9)5-11-3-4-12-6-8(2)10;1-3-4-5-6(2)7;1-7-3-5-8-4-2-6;1-3-4-5(2)6;2*1-3-4(6)5-2;2*1-3-4(2)5;1-4-3-5-2;1-3-2;/h9-10H,3-8H2,1-2H3;7-10H,3-6H2,1-2H3;6-7H,3-5H2,1-2H3;7H,2-6H2,1H3;5-6H,3-4H2,1-2H3;3H2,1-2H3,(H,5,6);3H,1H2,2H3,(H,5,6);3H2,1-2H3;3H,1H2,2H3;4-5H,3H2,1-2H3;3H,1-2H3;1H4. The molecule has 0 aromatic heterocycles. The maximum Gasteiger partial charge on any atom is 0.243 e. The van der Waals surface area contributed by atoms with Gasteiger partial charge in [-0.3, -0.25) is 14.4 Å². The molecule has 0 rings (SSSR count). The number of nitrogens with two attached hydrogens (primary N) is 1. The van der Waals surface area contributed by atoms with Crippen LogP contribution in [0, 0.1) is 0 Å². The summed E-state index contributed by atoms with van der Waals surface area (Å²) in [6.45, 7) is 33.6. The van der Waals surface area contributed by atoms with Gasteiger partial charge >= 0.3 is 0 Å². The summed E-state index contributed by atoms with van der Waals surface area (Å²) in [6, 6.07) is 0. The Morgan fingerprint density at radius 1 is 0.520 bits per heavy atom. The Morgan fingerprint density at radius 3 is 1.07 bits per heavy atom. The number of rotatable bonds is 31. The van der Waals surface area contributed by atoms with Gasteiger partial charge < -0.3 is 92.4 Å². The van der Waals surface area contributed by atoms with Crippen molar-refractivity contribution < 1.29 is 58.6 Å². The Labute approximate surface area is 462 Å². The van der Waals surface area contributed by atoms with Crippen molar-refractivity contribution in [3.05, 3.63) is 25.3 Å². The van der Waals surface area contributed by atoms with E-state index in [1.807, 2.05) is 77.0 Å². The van der Waals surface area contributed by atoms with Crippen LogP contribution in [0.1, 0.15) is 134 Å². The molecule has 75 heavy (non-hydrogen) atoms. The molecule has 14 N–H and O–H groups in total. The maximum absolute atomic E-state index is 10.1. The molecule has 0 aromatic rings. The fraction of sp³-hybridized carbons (Fsp3) is 0.852. The first-order chi connectivity index (χ1) is 35.0. The number of Topliss-reactive ketones (excluding diaryl/α,β-unsaturated/α-hetero) is 1. The molecule has 4 unspecified atom stereocenters. The first kappa shape index (κ1) is 101. The van der Waals surface area contributed by atoms with Crippen molar-refractivity contribution in [3.63, 3.8) is 0 Å². The Kier molecular flexibility index (Phi) is 144. The van der Waals surface area contributed by atoms with E-state index in [0.717, 1.165) is 84.6 Å². The lowest BCUT2D eigenvalue weighted by Crippen LogP contribution is -2.21. The average molecular weight is 1100 g/mol. The van der Waals surface area contributed by atoms with Gasteiger partial charge in [-0.15, -0.1) is 0 Å². The molecule has 0 aliphatic rings. The molecule has 0 heterocycles. The highest BCUT2D eigenvalue weighted by Crippen LogP contribution is 1.97. The molecule has 0 saturated carbocycles. The van der Waals surface area contributed by atoms with E-state index in [1.54, 1.807) is 34.9 Å². The Balaban J connectivity index is -0.0000000592. The van der Waals surface area contributed by atoms with Crippen molar-refractivity contribution in [2.24, 2.45) is 5.73 Å². The molecule has 0 aliphatic heterocycles. The van der Waals surface area contributed by atoms with Crippen molar-refractivity contribution in [2.45, 2.75) is 159 Å². The minimum absolute atomic E-state index is 0. The highest BCUT2D eigenvalue weighted by Gasteiger charge is 1.97. The topological polar surface area (TPSA) is 308 Å². The van der Waals surface area contributed by atoms with Gasteiger partial charge in [0, 0.05) is 59.9 Å². The monoisotopic (exact) mass is 1100 g/mol. The Bertz CT molecular complexity index is 973. The number of allylic oxidation sites excluding steroid dienone is 1. The third-order valence-corrected chi connectivity index (χ3v) is 7.13. The molecule has 0 aliphatic carbocycles. The van der Waals surface area contributed by atoms with Crippen LogP contribution in [-0.2, 0) is 38.1 Å². The van der Waals surface area contributed by atoms with Gasteiger partial charge in [-0.1, -0.05) is 67.5 Å². The molecule has 2 amide bonds. The summed E-state index contributed by atoms with van der Waals surface area (Å²) in [4.78, 5) is 39.5. The number of unbranched alkanes of at least 4 members (excludes halogenated alkanes) is 1. The van der Waals surface area contributed by atoms with Gasteiger partial charge in [0.15, 0.2) is 5.78 Å². The number of carbonyl (C=O) groups is 4. The van der Waals surface area contributed by atoms with Crippen LogP contribution < -0.4 is 48.3 Å². The van der Waals surface area contributed by atoms with Gasteiger partial charge in [0.2, 0.25) is 11.8 Å². The summed E-state index contributed by atoms with van der Waals surface area (Å²) < 4.78 is 20.4. The zero-order chi connectivity index (χ0) is 60.1. The van der Waals surface area contributed by atoms with Gasteiger partial charge in [0.1, 0.15) is 5.78 Å². The number of likely N-dealkylation sites (N-methyl/N-ethyl adjacent to an activating group) is 2. The van der Waals surface area contributed by atoms with Crippen LogP contribution in [0.2, 0.25) is 0 Å². The van der Waals surface area contributed by atoms with E-state index in [0.29, 0.717) is 52.4 Å². The number of aliphatic hydroxyl groups excluding tert-OH is 4.